The highest BCUT2D eigenvalue weighted by Crippen LogP contribution is 2.19. The zero-order valence-corrected chi connectivity index (χ0v) is 12.4. The maximum absolute atomic E-state index is 12.2. The van der Waals surface area contributed by atoms with Crippen molar-refractivity contribution in [2.24, 2.45) is 11.7 Å². The van der Waals surface area contributed by atoms with Gasteiger partial charge in [-0.3, -0.25) is 4.90 Å². The third kappa shape index (κ3) is 5.96. The van der Waals surface area contributed by atoms with Gasteiger partial charge in [-0.1, -0.05) is 20.3 Å². The lowest BCUT2D eigenvalue weighted by Gasteiger charge is -2.15. The van der Waals surface area contributed by atoms with Crippen LogP contribution in [0.5, 0.6) is 0 Å². The van der Waals surface area contributed by atoms with Gasteiger partial charge < -0.3 is 10.3 Å². The first-order valence-electron chi connectivity index (χ1n) is 7.30. The van der Waals surface area contributed by atoms with Crippen molar-refractivity contribution in [2.45, 2.75) is 46.2 Å². The van der Waals surface area contributed by atoms with Gasteiger partial charge in [-0.2, -0.15) is 0 Å². The van der Waals surface area contributed by atoms with Crippen LogP contribution in [0.3, 0.4) is 0 Å². The molecule has 0 amide bonds. The average Bonchev–Trinajstić information content (AvgIpc) is 3.00. The van der Waals surface area contributed by atoms with Gasteiger partial charge >= 0.3 is 0 Å². The molecule has 4 nitrogen and oxygen atoms in total. The van der Waals surface area contributed by atoms with E-state index >= 15 is 0 Å². The van der Waals surface area contributed by atoms with Crippen molar-refractivity contribution in [1.29, 1.82) is 0 Å². The largest absolute Gasteiger partial charge is 0.337 e. The molecule has 0 aromatic carbocycles. The van der Waals surface area contributed by atoms with E-state index in [1.54, 1.807) is 6.33 Å². The minimum Gasteiger partial charge on any atom is -0.337 e. The summed E-state index contributed by atoms with van der Waals surface area (Å²) in [5, 5.41) is 0. The van der Waals surface area contributed by atoms with Crippen LogP contribution in [0.15, 0.2) is 12.5 Å². The molecule has 1 aliphatic heterocycles. The van der Waals surface area contributed by atoms with E-state index in [1.807, 2.05) is 15.7 Å². The Balaban J connectivity index is 0.000000612. The van der Waals surface area contributed by atoms with Crippen LogP contribution < -0.4 is 5.73 Å². The quantitative estimate of drug-likeness (QED) is 0.904. The number of alkyl halides is 2. The first kappa shape index (κ1) is 17.0. The van der Waals surface area contributed by atoms with Gasteiger partial charge in [-0.25, -0.2) is 13.8 Å². The predicted molar refractivity (Wildman–Crippen MR) is 76.6 cm³/mol. The second-order valence-corrected chi connectivity index (χ2v) is 5.28. The summed E-state index contributed by atoms with van der Waals surface area (Å²) >= 11 is 0. The van der Waals surface area contributed by atoms with Gasteiger partial charge in [-0.15, -0.1) is 0 Å². The Kier molecular flexibility index (Phi) is 7.69. The zero-order chi connectivity index (χ0) is 15.0. The summed E-state index contributed by atoms with van der Waals surface area (Å²) in [6, 6.07) is 0. The second kappa shape index (κ2) is 9.02. The Morgan fingerprint density at radius 1 is 1.45 bits per heavy atom. The minimum atomic E-state index is -2.23. The minimum absolute atomic E-state index is 0.103. The lowest BCUT2D eigenvalue weighted by atomic mass is 10.1. The number of rotatable bonds is 5. The maximum Gasteiger partial charge on any atom is 0.251 e. The van der Waals surface area contributed by atoms with Gasteiger partial charge in [0.25, 0.3) is 6.43 Å². The SMILES string of the molecule is CCC.NCc1cn(CC2CCN(CC(F)F)C2)cn1. The van der Waals surface area contributed by atoms with Crippen LogP contribution in [0.25, 0.3) is 0 Å². The van der Waals surface area contributed by atoms with Crippen LogP contribution in [0.2, 0.25) is 0 Å². The molecule has 0 aliphatic carbocycles. The molecule has 1 aromatic rings. The van der Waals surface area contributed by atoms with Crippen LogP contribution in [-0.2, 0) is 13.1 Å². The van der Waals surface area contributed by atoms with Gasteiger partial charge in [0.05, 0.1) is 18.6 Å². The summed E-state index contributed by atoms with van der Waals surface area (Å²) in [7, 11) is 0. The van der Waals surface area contributed by atoms with Gasteiger partial charge in [0.2, 0.25) is 0 Å². The molecule has 0 spiro atoms. The van der Waals surface area contributed by atoms with E-state index in [1.165, 1.54) is 6.42 Å². The highest BCUT2D eigenvalue weighted by atomic mass is 19.3. The molecule has 1 fully saturated rings. The fourth-order valence-electron chi connectivity index (χ4n) is 2.33. The van der Waals surface area contributed by atoms with Crippen LogP contribution in [0, 0.1) is 5.92 Å². The Morgan fingerprint density at radius 2 is 2.15 bits per heavy atom. The Morgan fingerprint density at radius 3 is 2.70 bits per heavy atom. The second-order valence-electron chi connectivity index (χ2n) is 5.28. The van der Waals surface area contributed by atoms with Gasteiger partial charge in [0.1, 0.15) is 0 Å². The number of halogens is 2. The van der Waals surface area contributed by atoms with Crippen LogP contribution in [-0.4, -0.2) is 40.5 Å². The van der Waals surface area contributed by atoms with Crippen molar-refractivity contribution in [1.82, 2.24) is 14.5 Å². The Hall–Kier alpha value is -1.01. The molecule has 116 valence electrons. The highest BCUT2D eigenvalue weighted by Gasteiger charge is 2.24. The summed E-state index contributed by atoms with van der Waals surface area (Å²) in [6.45, 7) is 6.95. The molecule has 2 rings (SSSR count). The number of nitrogens with zero attached hydrogens (tertiary/aromatic N) is 3. The van der Waals surface area contributed by atoms with E-state index in [-0.39, 0.29) is 6.54 Å². The molecule has 0 radical (unpaired) electrons. The van der Waals surface area contributed by atoms with Crippen LogP contribution >= 0.6 is 0 Å². The molecular formula is C14H26F2N4. The Labute approximate surface area is 120 Å². The number of nitrogens with two attached hydrogens (primary N) is 1. The normalized spacial score (nSPS) is 19.2. The smallest absolute Gasteiger partial charge is 0.251 e. The summed E-state index contributed by atoms with van der Waals surface area (Å²) < 4.78 is 26.4. The number of hydrogen-bond acceptors (Lipinski definition) is 3. The Bertz CT molecular complexity index is 368. The molecular weight excluding hydrogens is 262 g/mol. The van der Waals surface area contributed by atoms with E-state index in [0.29, 0.717) is 12.5 Å². The lowest BCUT2D eigenvalue weighted by Crippen LogP contribution is -2.27. The first-order valence-corrected chi connectivity index (χ1v) is 7.30. The number of hydrogen-bond donors (Lipinski definition) is 1. The molecule has 1 unspecified atom stereocenters. The van der Waals surface area contributed by atoms with Crippen molar-refractivity contribution in [3.05, 3.63) is 18.2 Å². The number of aromatic nitrogens is 2. The molecule has 1 saturated heterocycles. The van der Waals surface area contributed by atoms with E-state index in [2.05, 4.69) is 18.8 Å². The summed E-state index contributed by atoms with van der Waals surface area (Å²) in [5.41, 5.74) is 6.35. The molecule has 0 saturated carbocycles. The van der Waals surface area contributed by atoms with Crippen molar-refractivity contribution < 1.29 is 8.78 Å². The van der Waals surface area contributed by atoms with Crippen molar-refractivity contribution in [3.63, 3.8) is 0 Å². The zero-order valence-electron chi connectivity index (χ0n) is 12.4. The summed E-state index contributed by atoms with van der Waals surface area (Å²) in [5.74, 6) is 0.438. The predicted octanol–water partition coefficient (Wildman–Crippen LogP) is 2.35. The molecule has 6 heteroatoms. The summed E-state index contributed by atoms with van der Waals surface area (Å²) in [6.07, 6.45) is 3.68. The van der Waals surface area contributed by atoms with E-state index in [9.17, 15) is 8.78 Å². The third-order valence-corrected chi connectivity index (χ3v) is 3.13. The monoisotopic (exact) mass is 288 g/mol. The van der Waals surface area contributed by atoms with Crippen molar-refractivity contribution in [3.8, 4) is 0 Å². The topological polar surface area (TPSA) is 47.1 Å². The van der Waals surface area contributed by atoms with E-state index in [4.69, 9.17) is 5.73 Å². The standard InChI is InChI=1S/C11H18F2N4.C3H8/c12-11(13)7-16-2-1-9(4-16)5-17-6-10(3-14)15-8-17;1-3-2/h6,8-9,11H,1-5,7,14H2;3H2,1-2H3. The van der Waals surface area contributed by atoms with E-state index in [0.717, 1.165) is 31.7 Å². The van der Waals surface area contributed by atoms with Crippen LogP contribution in [0.4, 0.5) is 8.78 Å². The van der Waals surface area contributed by atoms with Gasteiger partial charge in [0.15, 0.2) is 0 Å². The fourth-order valence-corrected chi connectivity index (χ4v) is 2.33. The van der Waals surface area contributed by atoms with Crippen LogP contribution in [0.1, 0.15) is 32.4 Å². The molecule has 1 aromatic heterocycles. The molecule has 1 atom stereocenters. The maximum atomic E-state index is 12.2. The van der Waals surface area contributed by atoms with Crippen molar-refractivity contribution in [2.75, 3.05) is 19.6 Å². The molecule has 20 heavy (non-hydrogen) atoms. The molecule has 0 bridgehead atoms. The molecule has 2 N–H and O–H groups in total. The van der Waals surface area contributed by atoms with Gasteiger partial charge in [-0.05, 0) is 18.9 Å². The lowest BCUT2D eigenvalue weighted by molar-refractivity contribution is 0.0975. The van der Waals surface area contributed by atoms with Crippen molar-refractivity contribution >= 4 is 0 Å². The number of imidazole rings is 1. The molecule has 1 aliphatic rings. The average molecular weight is 288 g/mol. The first-order chi connectivity index (χ1) is 9.58. The summed E-state index contributed by atoms with van der Waals surface area (Å²) in [4.78, 5) is 5.98. The third-order valence-electron chi connectivity index (χ3n) is 3.13. The molecule has 2 heterocycles. The highest BCUT2D eigenvalue weighted by molar-refractivity contribution is 4.95. The van der Waals surface area contributed by atoms with Gasteiger partial charge in [0, 0.05) is 25.8 Å². The van der Waals surface area contributed by atoms with E-state index < -0.39 is 6.43 Å². The number of likely N-dealkylation sites (tertiary alicyclic amines) is 1. The fraction of sp³-hybridized carbons (Fsp3) is 0.786.